The standard InChI is InChI=1S/C24H23NO5/c25-22(18-4-2-1-3-5-18)16-30-20-10-6-17(7-11-20)15-29-21-12-8-19(9-13-21)23(26)14-24(27)28/h1-13,23,25-26H,14-16H2,(H,27,28). The molecule has 1 unspecified atom stereocenters. The Balaban J connectivity index is 1.47. The van der Waals surface area contributed by atoms with Gasteiger partial charge in [0.05, 0.1) is 18.2 Å². The Morgan fingerprint density at radius 2 is 1.47 bits per heavy atom. The van der Waals surface area contributed by atoms with Gasteiger partial charge in [0.25, 0.3) is 0 Å². The predicted octanol–water partition coefficient (Wildman–Crippen LogP) is 4.22. The first-order chi connectivity index (χ1) is 14.5. The maximum absolute atomic E-state index is 10.7. The first-order valence-corrected chi connectivity index (χ1v) is 9.48. The van der Waals surface area contributed by atoms with E-state index in [1.165, 1.54) is 0 Å². The maximum atomic E-state index is 10.7. The number of hydrogen-bond donors (Lipinski definition) is 3. The van der Waals surface area contributed by atoms with Crippen LogP contribution in [0, 0.1) is 5.41 Å². The van der Waals surface area contributed by atoms with E-state index in [4.69, 9.17) is 20.0 Å². The summed E-state index contributed by atoms with van der Waals surface area (Å²) < 4.78 is 11.4. The van der Waals surface area contributed by atoms with Crippen LogP contribution in [-0.4, -0.2) is 28.5 Å². The molecule has 0 radical (unpaired) electrons. The second kappa shape index (κ2) is 10.2. The fraction of sp³-hybridized carbons (Fsp3) is 0.167. The van der Waals surface area contributed by atoms with Gasteiger partial charge in [0.15, 0.2) is 0 Å². The van der Waals surface area contributed by atoms with Gasteiger partial charge in [0.2, 0.25) is 0 Å². The topological polar surface area (TPSA) is 99.8 Å². The molecular weight excluding hydrogens is 382 g/mol. The maximum Gasteiger partial charge on any atom is 0.306 e. The molecule has 0 aromatic heterocycles. The van der Waals surface area contributed by atoms with Crippen LogP contribution < -0.4 is 9.47 Å². The molecule has 3 rings (SSSR count). The molecular formula is C24H23NO5. The number of hydrogen-bond acceptors (Lipinski definition) is 5. The van der Waals surface area contributed by atoms with Gasteiger partial charge in [-0.2, -0.15) is 0 Å². The Bertz CT molecular complexity index is 969. The van der Waals surface area contributed by atoms with Crippen LogP contribution in [0.15, 0.2) is 78.9 Å². The highest BCUT2D eigenvalue weighted by Gasteiger charge is 2.12. The molecule has 0 fully saturated rings. The molecule has 0 aliphatic carbocycles. The van der Waals surface area contributed by atoms with Gasteiger partial charge in [-0.05, 0) is 41.0 Å². The van der Waals surface area contributed by atoms with Crippen molar-refractivity contribution in [3.63, 3.8) is 0 Å². The van der Waals surface area contributed by atoms with Crippen molar-refractivity contribution in [1.29, 1.82) is 5.41 Å². The lowest BCUT2D eigenvalue weighted by atomic mass is 10.1. The van der Waals surface area contributed by atoms with E-state index in [-0.39, 0.29) is 13.0 Å². The third-order valence-corrected chi connectivity index (χ3v) is 4.47. The number of carboxylic acid groups (broad SMARTS) is 1. The zero-order valence-corrected chi connectivity index (χ0v) is 16.3. The molecule has 6 nitrogen and oxygen atoms in total. The van der Waals surface area contributed by atoms with Crippen molar-refractivity contribution in [2.75, 3.05) is 6.61 Å². The Morgan fingerprint density at radius 3 is 2.10 bits per heavy atom. The van der Waals surface area contributed by atoms with E-state index in [0.29, 0.717) is 29.4 Å². The number of aliphatic carboxylic acids is 1. The zero-order valence-electron chi connectivity index (χ0n) is 16.3. The first kappa shape index (κ1) is 21.1. The Hall–Kier alpha value is -3.64. The monoisotopic (exact) mass is 405 g/mol. The molecule has 3 N–H and O–H groups in total. The molecule has 0 saturated heterocycles. The molecule has 0 spiro atoms. The summed E-state index contributed by atoms with van der Waals surface area (Å²) in [6.07, 6.45) is -1.37. The molecule has 3 aromatic rings. The van der Waals surface area contributed by atoms with E-state index in [1.807, 2.05) is 54.6 Å². The summed E-state index contributed by atoms with van der Waals surface area (Å²) in [7, 11) is 0. The molecule has 0 saturated carbocycles. The molecule has 0 bridgehead atoms. The van der Waals surface area contributed by atoms with Crippen molar-refractivity contribution in [1.82, 2.24) is 0 Å². The van der Waals surface area contributed by atoms with E-state index >= 15 is 0 Å². The van der Waals surface area contributed by atoms with E-state index in [1.54, 1.807) is 24.3 Å². The molecule has 0 amide bonds. The van der Waals surface area contributed by atoms with E-state index in [9.17, 15) is 9.90 Å². The van der Waals surface area contributed by atoms with Crippen LogP contribution in [0.3, 0.4) is 0 Å². The second-order valence-corrected chi connectivity index (χ2v) is 6.75. The summed E-state index contributed by atoms with van der Waals surface area (Å²) >= 11 is 0. The first-order valence-electron chi connectivity index (χ1n) is 9.48. The van der Waals surface area contributed by atoms with E-state index < -0.39 is 12.1 Å². The molecule has 154 valence electrons. The van der Waals surface area contributed by atoms with Gasteiger partial charge in [0, 0.05) is 0 Å². The number of aliphatic hydroxyl groups is 1. The number of carbonyl (C=O) groups is 1. The van der Waals surface area contributed by atoms with Gasteiger partial charge in [-0.25, -0.2) is 0 Å². The van der Waals surface area contributed by atoms with Gasteiger partial charge in [0.1, 0.15) is 24.7 Å². The largest absolute Gasteiger partial charge is 0.489 e. The number of aliphatic hydroxyl groups excluding tert-OH is 1. The summed E-state index contributed by atoms with van der Waals surface area (Å²) in [6.45, 7) is 0.553. The van der Waals surface area contributed by atoms with Crippen molar-refractivity contribution >= 4 is 11.7 Å². The number of nitrogens with one attached hydrogen (secondary N) is 1. The minimum absolute atomic E-state index is 0.194. The molecule has 30 heavy (non-hydrogen) atoms. The summed E-state index contributed by atoms with van der Waals surface area (Å²) in [5.41, 5.74) is 2.74. The zero-order chi connectivity index (χ0) is 21.3. The van der Waals surface area contributed by atoms with E-state index in [0.717, 1.165) is 11.1 Å². The van der Waals surface area contributed by atoms with Crippen LogP contribution in [0.5, 0.6) is 11.5 Å². The summed E-state index contributed by atoms with van der Waals surface area (Å²) in [5.74, 6) is 0.251. The third kappa shape index (κ3) is 6.18. The summed E-state index contributed by atoms with van der Waals surface area (Å²) in [4.78, 5) is 10.7. The average Bonchev–Trinajstić information content (AvgIpc) is 2.77. The number of carboxylic acids is 1. The van der Waals surface area contributed by atoms with Crippen molar-refractivity contribution in [3.05, 3.63) is 95.6 Å². The lowest BCUT2D eigenvalue weighted by Crippen LogP contribution is -2.11. The minimum atomic E-state index is -1.05. The SMILES string of the molecule is N=C(COc1ccc(COc2ccc(C(O)CC(=O)O)cc2)cc1)c1ccccc1. The van der Waals surface area contributed by atoms with Crippen molar-refractivity contribution in [2.24, 2.45) is 0 Å². The van der Waals surface area contributed by atoms with Crippen LogP contribution in [0.25, 0.3) is 0 Å². The van der Waals surface area contributed by atoms with Crippen LogP contribution in [-0.2, 0) is 11.4 Å². The van der Waals surface area contributed by atoms with Gasteiger partial charge < -0.3 is 25.1 Å². The second-order valence-electron chi connectivity index (χ2n) is 6.75. The van der Waals surface area contributed by atoms with Crippen molar-refractivity contribution in [2.45, 2.75) is 19.1 Å². The highest BCUT2D eigenvalue weighted by atomic mass is 16.5. The molecule has 6 heteroatoms. The lowest BCUT2D eigenvalue weighted by molar-refractivity contribution is -0.139. The summed E-state index contributed by atoms with van der Waals surface area (Å²) in [5, 5.41) is 26.6. The molecule has 0 aliphatic heterocycles. The van der Waals surface area contributed by atoms with Gasteiger partial charge >= 0.3 is 5.97 Å². The molecule has 0 aliphatic rings. The lowest BCUT2D eigenvalue weighted by Gasteiger charge is -2.11. The van der Waals surface area contributed by atoms with Crippen LogP contribution in [0.2, 0.25) is 0 Å². The highest BCUT2D eigenvalue weighted by molar-refractivity contribution is 5.99. The van der Waals surface area contributed by atoms with E-state index in [2.05, 4.69) is 0 Å². The fourth-order valence-corrected chi connectivity index (χ4v) is 2.80. The molecule has 1 atom stereocenters. The van der Waals surface area contributed by atoms with Crippen LogP contribution in [0.4, 0.5) is 0 Å². The summed E-state index contributed by atoms with van der Waals surface area (Å²) in [6, 6.07) is 23.6. The van der Waals surface area contributed by atoms with Gasteiger partial charge in [-0.3, -0.25) is 4.79 Å². The fourth-order valence-electron chi connectivity index (χ4n) is 2.80. The highest BCUT2D eigenvalue weighted by Crippen LogP contribution is 2.21. The smallest absolute Gasteiger partial charge is 0.306 e. The Morgan fingerprint density at radius 1 is 0.867 bits per heavy atom. The van der Waals surface area contributed by atoms with Gasteiger partial charge in [-0.15, -0.1) is 0 Å². The number of benzene rings is 3. The third-order valence-electron chi connectivity index (χ3n) is 4.47. The predicted molar refractivity (Wildman–Crippen MR) is 113 cm³/mol. The van der Waals surface area contributed by atoms with Gasteiger partial charge in [-0.1, -0.05) is 54.6 Å². The van der Waals surface area contributed by atoms with Crippen molar-refractivity contribution < 1.29 is 24.5 Å². The quantitative estimate of drug-likeness (QED) is 0.439. The Labute approximate surface area is 174 Å². The molecule has 0 heterocycles. The number of rotatable bonds is 10. The van der Waals surface area contributed by atoms with Crippen molar-refractivity contribution in [3.8, 4) is 11.5 Å². The van der Waals surface area contributed by atoms with Crippen LogP contribution >= 0.6 is 0 Å². The normalized spacial score (nSPS) is 11.5. The Kier molecular flexibility index (Phi) is 7.19. The average molecular weight is 405 g/mol. The van der Waals surface area contributed by atoms with Crippen LogP contribution in [0.1, 0.15) is 29.2 Å². The molecule has 3 aromatic carbocycles. The minimum Gasteiger partial charge on any atom is -0.489 e. The number of ether oxygens (including phenoxy) is 2.